The molecule has 1 aromatic heterocycles. The van der Waals surface area contributed by atoms with E-state index in [4.69, 9.17) is 19.5 Å². The second kappa shape index (κ2) is 8.26. The third-order valence-electron chi connectivity index (χ3n) is 3.30. The molecule has 0 fully saturated rings. The van der Waals surface area contributed by atoms with E-state index in [9.17, 15) is 14.3 Å². The molecule has 10 nitrogen and oxygen atoms in total. The van der Waals surface area contributed by atoms with E-state index in [1.54, 1.807) is 30.4 Å². The van der Waals surface area contributed by atoms with Crippen molar-refractivity contribution in [3.05, 3.63) is 65.2 Å². The van der Waals surface area contributed by atoms with E-state index in [0.717, 1.165) is 0 Å². The predicted octanol–water partition coefficient (Wildman–Crippen LogP) is 1.64. The maximum absolute atomic E-state index is 11.9. The minimum Gasteiger partial charge on any atom is -0.404 e. The van der Waals surface area contributed by atoms with Gasteiger partial charge in [0.1, 0.15) is 17.7 Å². The summed E-state index contributed by atoms with van der Waals surface area (Å²) in [5, 5.41) is 0. The Morgan fingerprint density at radius 2 is 2.00 bits per heavy atom. The number of phosphoric acid groups is 1. The zero-order chi connectivity index (χ0) is 17.9. The average molecular weight is 382 g/mol. The number of benzene rings is 1. The molecule has 2 heterocycles. The summed E-state index contributed by atoms with van der Waals surface area (Å²) in [7, 11) is -4.29. The molecule has 140 valence electrons. The lowest BCUT2D eigenvalue weighted by Crippen LogP contribution is -2.28. The van der Waals surface area contributed by atoms with Crippen LogP contribution in [0.4, 0.5) is 5.82 Å². The number of nitrogens with zero attached hydrogens (tertiary/aromatic N) is 2. The molecule has 0 saturated carbocycles. The Bertz CT molecular complexity index is 872. The molecule has 0 spiro atoms. The van der Waals surface area contributed by atoms with Gasteiger partial charge in [-0.2, -0.15) is 4.98 Å². The summed E-state index contributed by atoms with van der Waals surface area (Å²) in [6.45, 7) is -0.217. The molecule has 11 heteroatoms. The first-order valence-electron chi connectivity index (χ1n) is 7.33. The Hall–Kier alpha value is -2.49. The fraction of sp³-hybridized carbons (Fsp3) is 0.200. The molecule has 26 heavy (non-hydrogen) atoms. The number of nitrogen functional groups attached to an aromatic ring is 1. The molecule has 3 rings (SSSR count). The van der Waals surface area contributed by atoms with Gasteiger partial charge in [0.25, 0.3) is 0 Å². The van der Waals surface area contributed by atoms with Crippen molar-refractivity contribution in [2.45, 2.75) is 12.3 Å². The first-order valence-corrected chi connectivity index (χ1v) is 8.83. The van der Waals surface area contributed by atoms with Gasteiger partial charge >= 0.3 is 13.5 Å². The van der Waals surface area contributed by atoms with Gasteiger partial charge in [-0.3, -0.25) is 14.0 Å². The quantitative estimate of drug-likeness (QED) is 0.498. The standard InChI is InChI=1S/C15H16N3O6P.H3N/c16-13-8-9-18(15(19)17-13)14-7-6-12(23-14)10-22-25(20,21)24-11-4-2-1-3-5-11;/h1-9,12,14H,10H2,(H,20,21)(H2,16,17,19);1H3. The van der Waals surface area contributed by atoms with Crippen molar-refractivity contribution in [2.75, 3.05) is 12.3 Å². The Kier molecular flexibility index (Phi) is 6.30. The summed E-state index contributed by atoms with van der Waals surface area (Å²) < 4.78 is 28.6. The predicted molar refractivity (Wildman–Crippen MR) is 93.8 cm³/mol. The van der Waals surface area contributed by atoms with Gasteiger partial charge in [0, 0.05) is 6.20 Å². The van der Waals surface area contributed by atoms with Crippen LogP contribution in [0.25, 0.3) is 0 Å². The zero-order valence-electron chi connectivity index (χ0n) is 13.7. The first kappa shape index (κ1) is 19.8. The second-order valence-corrected chi connectivity index (χ2v) is 6.54. The van der Waals surface area contributed by atoms with Gasteiger partial charge in [-0.15, -0.1) is 0 Å². The first-order chi connectivity index (χ1) is 11.9. The Morgan fingerprint density at radius 3 is 2.69 bits per heavy atom. The number of anilines is 1. The van der Waals surface area contributed by atoms with Crippen molar-refractivity contribution >= 4 is 13.6 Å². The van der Waals surface area contributed by atoms with Crippen LogP contribution in [0.5, 0.6) is 5.75 Å². The molecule has 3 unspecified atom stereocenters. The summed E-state index contributed by atoms with van der Waals surface area (Å²) in [6, 6.07) is 9.63. The number of para-hydroxylation sites is 1. The molecule has 3 atom stereocenters. The number of ether oxygens (including phenoxy) is 1. The molecule has 0 saturated heterocycles. The Labute approximate surface area is 149 Å². The highest BCUT2D eigenvalue weighted by Crippen LogP contribution is 2.44. The van der Waals surface area contributed by atoms with Gasteiger partial charge in [-0.05, 0) is 24.3 Å². The number of aromatic nitrogens is 2. The van der Waals surface area contributed by atoms with Crippen molar-refractivity contribution in [1.82, 2.24) is 15.7 Å². The minimum absolute atomic E-state index is 0. The maximum Gasteiger partial charge on any atom is 0.527 e. The smallest absolute Gasteiger partial charge is 0.404 e. The monoisotopic (exact) mass is 382 g/mol. The topological polar surface area (TPSA) is 161 Å². The molecule has 1 aliphatic heterocycles. The molecular weight excluding hydrogens is 363 g/mol. The lowest BCUT2D eigenvalue weighted by Gasteiger charge is -2.18. The third-order valence-corrected chi connectivity index (χ3v) is 4.21. The number of hydrogen-bond acceptors (Lipinski definition) is 8. The number of nitrogens with two attached hydrogens (primary N) is 1. The van der Waals surface area contributed by atoms with E-state index in [-0.39, 0.29) is 24.3 Å². The normalized spacial score (nSPS) is 21.0. The molecule has 1 aromatic carbocycles. The summed E-state index contributed by atoms with van der Waals surface area (Å²) in [5.74, 6) is 0.330. The highest BCUT2D eigenvalue weighted by molar-refractivity contribution is 7.47. The largest absolute Gasteiger partial charge is 0.527 e. The van der Waals surface area contributed by atoms with Gasteiger partial charge in [0.15, 0.2) is 6.23 Å². The van der Waals surface area contributed by atoms with Crippen LogP contribution in [0.1, 0.15) is 6.23 Å². The average Bonchev–Trinajstić information content (AvgIpc) is 3.02. The molecule has 1 aliphatic rings. The molecular formula is C15H19N4O6P. The summed E-state index contributed by atoms with van der Waals surface area (Å²) in [4.78, 5) is 25.1. The molecule has 0 radical (unpaired) electrons. The van der Waals surface area contributed by atoms with Gasteiger partial charge < -0.3 is 21.1 Å². The van der Waals surface area contributed by atoms with E-state index in [1.165, 1.54) is 29.0 Å². The van der Waals surface area contributed by atoms with Crippen LogP contribution in [0, 0.1) is 0 Å². The second-order valence-electron chi connectivity index (χ2n) is 5.16. The maximum atomic E-state index is 11.9. The minimum atomic E-state index is -4.29. The lowest BCUT2D eigenvalue weighted by molar-refractivity contribution is -0.00980. The van der Waals surface area contributed by atoms with E-state index in [2.05, 4.69) is 4.98 Å². The van der Waals surface area contributed by atoms with Crippen molar-refractivity contribution in [3.63, 3.8) is 0 Å². The van der Waals surface area contributed by atoms with Crippen LogP contribution in [0.3, 0.4) is 0 Å². The fourth-order valence-corrected chi connectivity index (χ4v) is 2.95. The fourth-order valence-electron chi connectivity index (χ4n) is 2.17. The van der Waals surface area contributed by atoms with Gasteiger partial charge in [-0.1, -0.05) is 24.3 Å². The van der Waals surface area contributed by atoms with Crippen LogP contribution in [0.15, 0.2) is 59.5 Å². The van der Waals surface area contributed by atoms with Crippen LogP contribution in [-0.2, 0) is 13.8 Å². The van der Waals surface area contributed by atoms with Crippen molar-refractivity contribution in [2.24, 2.45) is 0 Å². The van der Waals surface area contributed by atoms with Crippen LogP contribution in [-0.4, -0.2) is 27.2 Å². The highest BCUT2D eigenvalue weighted by Gasteiger charge is 2.28. The Balaban J connectivity index is 0.00000243. The number of hydrogen-bond donors (Lipinski definition) is 3. The molecule has 0 aliphatic carbocycles. The van der Waals surface area contributed by atoms with Crippen LogP contribution >= 0.6 is 7.82 Å². The zero-order valence-corrected chi connectivity index (χ0v) is 14.6. The summed E-state index contributed by atoms with van der Waals surface area (Å²) in [6.07, 6.45) is 3.39. The molecule has 0 bridgehead atoms. The molecule has 6 N–H and O–H groups in total. The van der Waals surface area contributed by atoms with Gasteiger partial charge in [-0.25, -0.2) is 9.36 Å². The highest BCUT2D eigenvalue weighted by atomic mass is 31.2. The molecule has 0 amide bonds. The Morgan fingerprint density at radius 1 is 1.27 bits per heavy atom. The lowest BCUT2D eigenvalue weighted by atomic mass is 10.3. The summed E-state index contributed by atoms with van der Waals surface area (Å²) in [5.41, 5.74) is 4.88. The number of phosphoric ester groups is 1. The number of rotatable bonds is 6. The van der Waals surface area contributed by atoms with E-state index in [1.807, 2.05) is 0 Å². The van der Waals surface area contributed by atoms with Crippen LogP contribution < -0.4 is 22.1 Å². The van der Waals surface area contributed by atoms with Crippen molar-refractivity contribution in [3.8, 4) is 5.75 Å². The molecule has 2 aromatic rings. The van der Waals surface area contributed by atoms with Crippen LogP contribution in [0.2, 0.25) is 0 Å². The summed E-state index contributed by atoms with van der Waals surface area (Å²) >= 11 is 0. The van der Waals surface area contributed by atoms with Gasteiger partial charge in [0.2, 0.25) is 0 Å². The third kappa shape index (κ3) is 5.01. The van der Waals surface area contributed by atoms with E-state index in [0.29, 0.717) is 0 Å². The SMILES string of the molecule is N.Nc1ccn(C2C=CC(COP(=O)(O)Oc3ccccc3)O2)c(=O)n1. The van der Waals surface area contributed by atoms with E-state index < -0.39 is 25.8 Å². The van der Waals surface area contributed by atoms with E-state index >= 15 is 0 Å². The van der Waals surface area contributed by atoms with Crippen molar-refractivity contribution < 1.29 is 23.2 Å². The van der Waals surface area contributed by atoms with Gasteiger partial charge in [0.05, 0.1) is 6.61 Å². The van der Waals surface area contributed by atoms with Crippen molar-refractivity contribution in [1.29, 1.82) is 0 Å².